The minimum absolute atomic E-state index is 0.173. The van der Waals surface area contributed by atoms with Gasteiger partial charge in [-0.05, 0) is 49.1 Å². The molecule has 1 spiro atoms. The summed E-state index contributed by atoms with van der Waals surface area (Å²) in [5.41, 5.74) is 2.30. The van der Waals surface area contributed by atoms with E-state index in [-0.39, 0.29) is 23.4 Å². The Kier molecular flexibility index (Phi) is 4.82. The summed E-state index contributed by atoms with van der Waals surface area (Å²) in [5, 5.41) is 4.28. The second kappa shape index (κ2) is 7.95. The maximum absolute atomic E-state index is 14.5. The SMILES string of the molecule is Cc1ccccc1N1C(=O)C2C(CC(C)C)NC3(c4ccccc4-n4c3nc3ccccc3c4=O)C2C1=O. The average molecular weight is 505 g/mol. The molecule has 2 fully saturated rings. The summed E-state index contributed by atoms with van der Waals surface area (Å²) in [7, 11) is 0. The molecule has 1 N–H and O–H groups in total. The molecule has 4 atom stereocenters. The monoisotopic (exact) mass is 504 g/mol. The van der Waals surface area contributed by atoms with Crippen LogP contribution in [0.5, 0.6) is 0 Å². The molecule has 4 unspecified atom stereocenters. The first-order chi connectivity index (χ1) is 18.3. The number of aryl methyl sites for hydroxylation is 1. The summed E-state index contributed by atoms with van der Waals surface area (Å²) in [5.74, 6) is -0.977. The maximum atomic E-state index is 14.5. The third-order valence-electron chi connectivity index (χ3n) is 8.44. The van der Waals surface area contributed by atoms with E-state index >= 15 is 0 Å². The van der Waals surface area contributed by atoms with Crippen LogP contribution in [0, 0.1) is 24.7 Å². The molecule has 7 nitrogen and oxygen atoms in total. The molecule has 1 aromatic heterocycles. The number of carbonyl (C=O) groups excluding carboxylic acids is 2. The van der Waals surface area contributed by atoms with Crippen molar-refractivity contribution in [3.05, 3.63) is 100 Å². The van der Waals surface area contributed by atoms with Crippen LogP contribution in [0.3, 0.4) is 0 Å². The fraction of sp³-hybridized carbons (Fsp3) is 0.290. The third-order valence-corrected chi connectivity index (χ3v) is 8.44. The molecule has 2 amide bonds. The van der Waals surface area contributed by atoms with E-state index in [4.69, 9.17) is 4.98 Å². The number of aromatic nitrogens is 2. The molecular weight excluding hydrogens is 476 g/mol. The number of carbonyl (C=O) groups is 2. The lowest BCUT2D eigenvalue weighted by Gasteiger charge is -2.32. The molecule has 2 saturated heterocycles. The third kappa shape index (κ3) is 2.82. The molecular formula is C31H28N4O3. The summed E-state index contributed by atoms with van der Waals surface area (Å²) in [4.78, 5) is 48.9. The Hall–Kier alpha value is -4.10. The van der Waals surface area contributed by atoms with Gasteiger partial charge in [-0.25, -0.2) is 9.88 Å². The predicted octanol–water partition coefficient (Wildman–Crippen LogP) is 4.07. The highest BCUT2D eigenvalue weighted by Crippen LogP contribution is 2.56. The first-order valence-corrected chi connectivity index (χ1v) is 13.2. The van der Waals surface area contributed by atoms with Crippen LogP contribution in [0.2, 0.25) is 0 Å². The molecule has 0 aliphatic carbocycles. The Morgan fingerprint density at radius 3 is 2.34 bits per heavy atom. The van der Waals surface area contributed by atoms with Crippen molar-refractivity contribution in [2.45, 2.75) is 38.8 Å². The van der Waals surface area contributed by atoms with Gasteiger partial charge in [-0.1, -0.05) is 62.4 Å². The minimum atomic E-state index is -1.10. The lowest BCUT2D eigenvalue weighted by Crippen LogP contribution is -2.50. The Labute approximate surface area is 220 Å². The van der Waals surface area contributed by atoms with Crippen LogP contribution in [-0.4, -0.2) is 27.4 Å². The fourth-order valence-electron chi connectivity index (χ4n) is 6.98. The van der Waals surface area contributed by atoms with Crippen molar-refractivity contribution in [3.63, 3.8) is 0 Å². The number of hydrogen-bond donors (Lipinski definition) is 1. The van der Waals surface area contributed by atoms with E-state index in [9.17, 15) is 14.4 Å². The van der Waals surface area contributed by atoms with Gasteiger partial charge in [-0.2, -0.15) is 0 Å². The molecule has 190 valence electrons. The van der Waals surface area contributed by atoms with Crippen molar-refractivity contribution in [3.8, 4) is 5.69 Å². The van der Waals surface area contributed by atoms with Crippen molar-refractivity contribution < 1.29 is 9.59 Å². The van der Waals surface area contributed by atoms with E-state index in [1.54, 1.807) is 10.6 Å². The molecule has 3 aliphatic rings. The van der Waals surface area contributed by atoms with E-state index in [0.717, 1.165) is 11.1 Å². The highest BCUT2D eigenvalue weighted by atomic mass is 16.2. The second-order valence-corrected chi connectivity index (χ2v) is 11.1. The first-order valence-electron chi connectivity index (χ1n) is 13.2. The molecule has 7 rings (SSSR count). The smallest absolute Gasteiger partial charge is 0.266 e. The van der Waals surface area contributed by atoms with Gasteiger partial charge in [0.25, 0.3) is 5.56 Å². The van der Waals surface area contributed by atoms with Gasteiger partial charge in [0.2, 0.25) is 11.8 Å². The highest BCUT2D eigenvalue weighted by Gasteiger charge is 2.69. The van der Waals surface area contributed by atoms with Crippen LogP contribution >= 0.6 is 0 Å². The van der Waals surface area contributed by atoms with Crippen LogP contribution in [-0.2, 0) is 15.1 Å². The number of imide groups is 1. The Bertz CT molecular complexity index is 1720. The largest absolute Gasteiger partial charge is 0.297 e. The van der Waals surface area contributed by atoms with Gasteiger partial charge >= 0.3 is 0 Å². The van der Waals surface area contributed by atoms with Crippen molar-refractivity contribution in [1.82, 2.24) is 14.9 Å². The minimum Gasteiger partial charge on any atom is -0.297 e. The molecule has 7 heteroatoms. The van der Waals surface area contributed by atoms with Crippen molar-refractivity contribution in [2.75, 3.05) is 4.90 Å². The van der Waals surface area contributed by atoms with Gasteiger partial charge in [0.05, 0.1) is 34.1 Å². The zero-order valence-corrected chi connectivity index (χ0v) is 21.5. The van der Waals surface area contributed by atoms with Gasteiger partial charge in [-0.3, -0.25) is 24.3 Å². The zero-order chi connectivity index (χ0) is 26.3. The van der Waals surface area contributed by atoms with E-state index < -0.39 is 17.4 Å². The van der Waals surface area contributed by atoms with Crippen LogP contribution in [0.1, 0.15) is 37.2 Å². The average Bonchev–Trinajstić information content (AvgIpc) is 3.48. The molecule has 4 aromatic rings. The topological polar surface area (TPSA) is 84.3 Å². The van der Waals surface area contributed by atoms with E-state index in [0.29, 0.717) is 40.4 Å². The number of fused-ring (bicyclic) bond motifs is 8. The van der Waals surface area contributed by atoms with Gasteiger partial charge in [0.15, 0.2) is 0 Å². The number of nitrogens with zero attached hydrogens (tertiary/aromatic N) is 3. The van der Waals surface area contributed by atoms with Gasteiger partial charge < -0.3 is 0 Å². The van der Waals surface area contributed by atoms with Crippen molar-refractivity contribution >= 4 is 28.4 Å². The number of benzene rings is 3. The number of hydrogen-bond acceptors (Lipinski definition) is 5. The van der Waals surface area contributed by atoms with E-state index in [2.05, 4.69) is 19.2 Å². The number of amides is 2. The van der Waals surface area contributed by atoms with Crippen LogP contribution in [0.25, 0.3) is 16.6 Å². The molecule has 4 heterocycles. The van der Waals surface area contributed by atoms with Crippen LogP contribution < -0.4 is 15.8 Å². The zero-order valence-electron chi connectivity index (χ0n) is 21.5. The summed E-state index contributed by atoms with van der Waals surface area (Å²) < 4.78 is 1.65. The van der Waals surface area contributed by atoms with E-state index in [1.165, 1.54) is 4.90 Å². The van der Waals surface area contributed by atoms with E-state index in [1.807, 2.05) is 73.7 Å². The number of rotatable bonds is 3. The molecule has 0 radical (unpaired) electrons. The predicted molar refractivity (Wildman–Crippen MR) is 145 cm³/mol. The second-order valence-electron chi connectivity index (χ2n) is 11.1. The first kappa shape index (κ1) is 23.0. The Balaban J connectivity index is 1.53. The maximum Gasteiger partial charge on any atom is 0.266 e. The molecule has 3 aliphatic heterocycles. The standard InChI is InChI=1S/C31H28N4O3/c1-17(2)16-22-25-26(29(38)34(28(25)37)23-14-8-4-10-18(23)3)31(33-22)20-12-6-9-15-24(20)35-27(36)19-11-5-7-13-21(19)32-30(31)35/h4-15,17,22,25-26,33H,16H2,1-3H3. The normalized spacial score (nSPS) is 25.5. The van der Waals surface area contributed by atoms with Crippen molar-refractivity contribution in [1.29, 1.82) is 0 Å². The number of nitrogens with one attached hydrogen (secondary N) is 1. The van der Waals surface area contributed by atoms with Crippen LogP contribution in [0.15, 0.2) is 77.6 Å². The number of anilines is 1. The molecule has 3 aromatic carbocycles. The Morgan fingerprint density at radius 1 is 0.895 bits per heavy atom. The summed E-state index contributed by atoms with van der Waals surface area (Å²) in [6, 6.07) is 22.2. The summed E-state index contributed by atoms with van der Waals surface area (Å²) in [6.07, 6.45) is 0.712. The fourth-order valence-corrected chi connectivity index (χ4v) is 6.98. The van der Waals surface area contributed by atoms with Gasteiger partial charge in [0, 0.05) is 11.6 Å². The molecule has 38 heavy (non-hydrogen) atoms. The quantitative estimate of drug-likeness (QED) is 0.425. The molecule has 0 bridgehead atoms. The van der Waals surface area contributed by atoms with Gasteiger partial charge in [-0.15, -0.1) is 0 Å². The lowest BCUT2D eigenvalue weighted by atomic mass is 9.75. The molecule has 0 saturated carbocycles. The lowest BCUT2D eigenvalue weighted by molar-refractivity contribution is -0.123. The van der Waals surface area contributed by atoms with Crippen molar-refractivity contribution in [2.24, 2.45) is 17.8 Å². The summed E-state index contributed by atoms with van der Waals surface area (Å²) >= 11 is 0. The summed E-state index contributed by atoms with van der Waals surface area (Å²) in [6.45, 7) is 6.15. The highest BCUT2D eigenvalue weighted by molar-refractivity contribution is 6.23. The number of para-hydroxylation sites is 3. The Morgan fingerprint density at radius 2 is 1.58 bits per heavy atom. The van der Waals surface area contributed by atoms with Crippen LogP contribution in [0.4, 0.5) is 5.69 Å². The van der Waals surface area contributed by atoms with Gasteiger partial charge in [0.1, 0.15) is 11.4 Å².